The van der Waals surface area contributed by atoms with Gasteiger partial charge < -0.3 is 10.4 Å². The van der Waals surface area contributed by atoms with E-state index in [2.05, 4.69) is 12.2 Å². The monoisotopic (exact) mass is 327 g/mol. The lowest BCUT2D eigenvalue weighted by atomic mass is 10.0. The van der Waals surface area contributed by atoms with E-state index in [9.17, 15) is 9.59 Å². The summed E-state index contributed by atoms with van der Waals surface area (Å²) < 4.78 is 0. The van der Waals surface area contributed by atoms with Gasteiger partial charge in [0.05, 0.1) is 0 Å². The molecule has 0 heterocycles. The Kier molecular flexibility index (Phi) is 13.9. The lowest BCUT2D eigenvalue weighted by Gasteiger charge is -2.16. The van der Waals surface area contributed by atoms with Crippen LogP contribution in [0.4, 0.5) is 0 Å². The Labute approximate surface area is 142 Å². The first-order valence-corrected chi connectivity index (χ1v) is 9.49. The van der Waals surface area contributed by atoms with E-state index in [0.717, 1.165) is 12.8 Å². The average molecular weight is 328 g/mol. The van der Waals surface area contributed by atoms with Crippen LogP contribution in [-0.2, 0) is 9.59 Å². The van der Waals surface area contributed by atoms with Gasteiger partial charge >= 0.3 is 5.97 Å². The molecule has 0 aromatic carbocycles. The van der Waals surface area contributed by atoms with Crippen LogP contribution in [0.3, 0.4) is 0 Å². The van der Waals surface area contributed by atoms with Crippen molar-refractivity contribution in [3.8, 4) is 0 Å². The SMILES string of the molecule is CCCCCCCCCCCCC(=O)N[C@@H](CC(C)C)C(=O)O. The molecule has 2 N–H and O–H groups in total. The number of carboxylic acids is 1. The molecule has 0 aliphatic heterocycles. The Hall–Kier alpha value is -1.06. The van der Waals surface area contributed by atoms with Crippen molar-refractivity contribution in [3.05, 3.63) is 0 Å². The van der Waals surface area contributed by atoms with E-state index in [1.807, 2.05) is 13.8 Å². The summed E-state index contributed by atoms with van der Waals surface area (Å²) in [4.78, 5) is 22.9. The zero-order valence-electron chi connectivity index (χ0n) is 15.4. The first-order chi connectivity index (χ1) is 11.0. The molecule has 0 unspecified atom stereocenters. The van der Waals surface area contributed by atoms with Crippen LogP contribution in [0.2, 0.25) is 0 Å². The number of carbonyl (C=O) groups excluding carboxylic acids is 1. The quantitative estimate of drug-likeness (QED) is 0.420. The van der Waals surface area contributed by atoms with E-state index in [-0.39, 0.29) is 11.8 Å². The first-order valence-electron chi connectivity index (χ1n) is 9.49. The summed E-state index contributed by atoms with van der Waals surface area (Å²) in [6.45, 7) is 6.16. The zero-order chi connectivity index (χ0) is 17.5. The molecule has 1 atom stereocenters. The molecule has 0 rings (SSSR count). The van der Waals surface area contributed by atoms with Crippen molar-refractivity contribution in [2.75, 3.05) is 0 Å². The molecule has 0 aromatic rings. The molecular weight excluding hydrogens is 290 g/mol. The van der Waals surface area contributed by atoms with Gasteiger partial charge in [0.15, 0.2) is 0 Å². The molecule has 0 bridgehead atoms. The van der Waals surface area contributed by atoms with Crippen molar-refractivity contribution in [2.45, 2.75) is 104 Å². The van der Waals surface area contributed by atoms with E-state index in [1.54, 1.807) is 0 Å². The molecule has 0 saturated carbocycles. The highest BCUT2D eigenvalue weighted by Gasteiger charge is 2.20. The minimum absolute atomic E-state index is 0.127. The van der Waals surface area contributed by atoms with Crippen LogP contribution in [-0.4, -0.2) is 23.0 Å². The van der Waals surface area contributed by atoms with Crippen LogP contribution in [0.1, 0.15) is 97.8 Å². The molecule has 0 radical (unpaired) electrons. The second kappa shape index (κ2) is 14.5. The third-order valence-electron chi connectivity index (χ3n) is 4.10. The lowest BCUT2D eigenvalue weighted by molar-refractivity contribution is -0.142. The fourth-order valence-electron chi connectivity index (χ4n) is 2.73. The third kappa shape index (κ3) is 14.3. The van der Waals surface area contributed by atoms with Crippen LogP contribution in [0.25, 0.3) is 0 Å². The molecule has 0 spiro atoms. The van der Waals surface area contributed by atoms with Crippen molar-refractivity contribution < 1.29 is 14.7 Å². The summed E-state index contributed by atoms with van der Waals surface area (Å²) in [5, 5.41) is 11.7. The summed E-state index contributed by atoms with van der Waals surface area (Å²) in [5.74, 6) is -0.804. The molecule has 0 aliphatic carbocycles. The maximum atomic E-state index is 11.8. The van der Waals surface area contributed by atoms with Crippen molar-refractivity contribution in [2.24, 2.45) is 5.92 Å². The predicted molar refractivity (Wildman–Crippen MR) is 95.5 cm³/mol. The number of hydrogen-bond donors (Lipinski definition) is 2. The Morgan fingerprint density at radius 3 is 1.78 bits per heavy atom. The van der Waals surface area contributed by atoms with Gasteiger partial charge in [0.2, 0.25) is 5.91 Å². The van der Waals surface area contributed by atoms with Crippen LogP contribution >= 0.6 is 0 Å². The molecule has 0 aromatic heterocycles. The number of aliphatic carboxylic acids is 1. The normalized spacial score (nSPS) is 12.3. The first kappa shape index (κ1) is 21.9. The van der Waals surface area contributed by atoms with Gasteiger partial charge in [0, 0.05) is 6.42 Å². The van der Waals surface area contributed by atoms with E-state index < -0.39 is 12.0 Å². The van der Waals surface area contributed by atoms with Crippen LogP contribution in [0.5, 0.6) is 0 Å². The standard InChI is InChI=1S/C19H37NO3/c1-4-5-6-7-8-9-10-11-12-13-14-18(21)20-17(19(22)23)15-16(2)3/h16-17H,4-15H2,1-3H3,(H,20,21)(H,22,23)/t17-/m0/s1. The molecule has 0 fully saturated rings. The summed E-state index contributed by atoms with van der Waals surface area (Å²) >= 11 is 0. The van der Waals surface area contributed by atoms with Crippen molar-refractivity contribution in [1.29, 1.82) is 0 Å². The van der Waals surface area contributed by atoms with E-state index in [1.165, 1.54) is 51.4 Å². The molecule has 136 valence electrons. The third-order valence-corrected chi connectivity index (χ3v) is 4.10. The Bertz CT molecular complexity index is 316. The second-order valence-electron chi connectivity index (χ2n) is 7.02. The van der Waals surface area contributed by atoms with Crippen LogP contribution in [0.15, 0.2) is 0 Å². The van der Waals surface area contributed by atoms with Crippen LogP contribution in [0, 0.1) is 5.92 Å². The summed E-state index contributed by atoms with van der Waals surface area (Å²) in [6, 6.07) is -0.745. The fraction of sp³-hybridized carbons (Fsp3) is 0.895. The Balaban J connectivity index is 3.57. The van der Waals surface area contributed by atoms with E-state index >= 15 is 0 Å². The zero-order valence-corrected chi connectivity index (χ0v) is 15.4. The highest BCUT2D eigenvalue weighted by molar-refractivity contribution is 5.83. The minimum Gasteiger partial charge on any atom is -0.480 e. The highest BCUT2D eigenvalue weighted by Crippen LogP contribution is 2.11. The Morgan fingerprint density at radius 2 is 1.35 bits per heavy atom. The average Bonchev–Trinajstić information content (AvgIpc) is 2.48. The molecule has 0 saturated heterocycles. The van der Waals surface area contributed by atoms with Gasteiger partial charge in [-0.25, -0.2) is 4.79 Å². The largest absolute Gasteiger partial charge is 0.480 e. The lowest BCUT2D eigenvalue weighted by Crippen LogP contribution is -2.41. The predicted octanol–water partition coefficient (Wildman–Crippen LogP) is 4.91. The molecule has 23 heavy (non-hydrogen) atoms. The maximum absolute atomic E-state index is 11.8. The molecule has 1 amide bonds. The van der Waals surface area contributed by atoms with Gasteiger partial charge in [-0.15, -0.1) is 0 Å². The number of carbonyl (C=O) groups is 2. The summed E-state index contributed by atoms with van der Waals surface area (Å²) in [5.41, 5.74) is 0. The van der Waals surface area contributed by atoms with Crippen molar-refractivity contribution in [3.63, 3.8) is 0 Å². The van der Waals surface area contributed by atoms with Gasteiger partial charge in [-0.2, -0.15) is 0 Å². The molecule has 4 heteroatoms. The number of nitrogens with one attached hydrogen (secondary N) is 1. The molecule has 4 nitrogen and oxygen atoms in total. The van der Waals surface area contributed by atoms with E-state index in [0.29, 0.717) is 12.8 Å². The van der Waals surface area contributed by atoms with Gasteiger partial charge in [-0.1, -0.05) is 78.6 Å². The second-order valence-corrected chi connectivity index (χ2v) is 7.02. The van der Waals surface area contributed by atoms with Crippen molar-refractivity contribution in [1.82, 2.24) is 5.32 Å². The molecular formula is C19H37NO3. The number of unbranched alkanes of at least 4 members (excludes halogenated alkanes) is 9. The van der Waals surface area contributed by atoms with Gasteiger partial charge in [-0.05, 0) is 18.8 Å². The maximum Gasteiger partial charge on any atom is 0.326 e. The number of rotatable bonds is 15. The van der Waals surface area contributed by atoms with Gasteiger partial charge in [0.25, 0.3) is 0 Å². The summed E-state index contributed by atoms with van der Waals surface area (Å²) in [6.07, 6.45) is 13.2. The summed E-state index contributed by atoms with van der Waals surface area (Å²) in [7, 11) is 0. The number of amides is 1. The smallest absolute Gasteiger partial charge is 0.326 e. The topological polar surface area (TPSA) is 66.4 Å². The molecule has 0 aliphatic rings. The number of hydrogen-bond acceptors (Lipinski definition) is 2. The minimum atomic E-state index is -0.935. The highest BCUT2D eigenvalue weighted by atomic mass is 16.4. The van der Waals surface area contributed by atoms with Gasteiger partial charge in [0.1, 0.15) is 6.04 Å². The van der Waals surface area contributed by atoms with Crippen molar-refractivity contribution >= 4 is 11.9 Å². The number of carboxylic acid groups (broad SMARTS) is 1. The van der Waals surface area contributed by atoms with Gasteiger partial charge in [-0.3, -0.25) is 4.79 Å². The van der Waals surface area contributed by atoms with E-state index in [4.69, 9.17) is 5.11 Å². The van der Waals surface area contributed by atoms with Crippen LogP contribution < -0.4 is 5.32 Å². The fourth-order valence-corrected chi connectivity index (χ4v) is 2.73. The Morgan fingerprint density at radius 1 is 0.870 bits per heavy atom.